The second-order valence-corrected chi connectivity index (χ2v) is 3.98. The molecule has 0 aliphatic heterocycles. The molecule has 2 aromatic rings. The average molecular weight is 278 g/mol. The van der Waals surface area contributed by atoms with Gasteiger partial charge in [-0.15, -0.1) is 0 Å². The molecule has 7 heteroatoms. The second-order valence-electron chi connectivity index (χ2n) is 3.59. The van der Waals surface area contributed by atoms with E-state index in [1.165, 1.54) is 11.0 Å². The third kappa shape index (κ3) is 3.19. The van der Waals surface area contributed by atoms with E-state index in [-0.39, 0.29) is 0 Å². The summed E-state index contributed by atoms with van der Waals surface area (Å²) in [5.41, 5.74) is 0.878. The SMILES string of the molecule is CCOc1ccc(/C=N\n2cn[nH]c2=S)cc1OC. The van der Waals surface area contributed by atoms with Crippen molar-refractivity contribution in [1.82, 2.24) is 14.9 Å². The molecule has 0 radical (unpaired) electrons. The minimum absolute atomic E-state index is 0.439. The third-order valence-corrected chi connectivity index (χ3v) is 2.63. The first-order chi connectivity index (χ1) is 9.24. The Morgan fingerprint density at radius 1 is 1.47 bits per heavy atom. The number of nitrogens with zero attached hydrogens (tertiary/aromatic N) is 3. The van der Waals surface area contributed by atoms with Crippen LogP contribution in [0.1, 0.15) is 12.5 Å². The molecule has 19 heavy (non-hydrogen) atoms. The van der Waals surface area contributed by atoms with Crippen LogP contribution in [0.25, 0.3) is 0 Å². The minimum Gasteiger partial charge on any atom is -0.493 e. The molecule has 0 amide bonds. The van der Waals surface area contributed by atoms with E-state index in [0.29, 0.717) is 22.9 Å². The summed E-state index contributed by atoms with van der Waals surface area (Å²) in [4.78, 5) is 0. The summed E-state index contributed by atoms with van der Waals surface area (Å²) in [5.74, 6) is 1.38. The molecule has 2 rings (SSSR count). The molecule has 100 valence electrons. The highest BCUT2D eigenvalue weighted by atomic mass is 32.1. The first-order valence-corrected chi connectivity index (χ1v) is 6.12. The number of hydrogen-bond acceptors (Lipinski definition) is 5. The van der Waals surface area contributed by atoms with Crippen molar-refractivity contribution >= 4 is 18.4 Å². The normalized spacial score (nSPS) is 10.8. The predicted octanol–water partition coefficient (Wildman–Crippen LogP) is 2.23. The Labute approximate surface area is 115 Å². The second kappa shape index (κ2) is 6.14. The number of rotatable bonds is 5. The third-order valence-electron chi connectivity index (χ3n) is 2.35. The highest BCUT2D eigenvalue weighted by Gasteiger charge is 2.04. The van der Waals surface area contributed by atoms with Crippen molar-refractivity contribution in [3.8, 4) is 11.5 Å². The fourth-order valence-electron chi connectivity index (χ4n) is 1.49. The molecule has 0 spiro atoms. The zero-order chi connectivity index (χ0) is 13.7. The topological polar surface area (TPSA) is 64.4 Å². The Morgan fingerprint density at radius 2 is 2.32 bits per heavy atom. The predicted molar refractivity (Wildman–Crippen MR) is 74.6 cm³/mol. The summed E-state index contributed by atoms with van der Waals surface area (Å²) in [6.07, 6.45) is 3.17. The molecule has 1 aromatic carbocycles. The summed E-state index contributed by atoms with van der Waals surface area (Å²) in [6.45, 7) is 2.52. The largest absolute Gasteiger partial charge is 0.493 e. The van der Waals surface area contributed by atoms with Crippen LogP contribution in [0.4, 0.5) is 0 Å². The van der Waals surface area contributed by atoms with Crippen molar-refractivity contribution in [3.05, 3.63) is 34.9 Å². The number of methoxy groups -OCH3 is 1. The van der Waals surface area contributed by atoms with E-state index in [1.807, 2.05) is 25.1 Å². The van der Waals surface area contributed by atoms with Crippen molar-refractivity contribution in [1.29, 1.82) is 0 Å². The van der Waals surface area contributed by atoms with Crippen LogP contribution in [0.5, 0.6) is 11.5 Å². The summed E-state index contributed by atoms with van der Waals surface area (Å²) in [5, 5.41) is 10.6. The van der Waals surface area contributed by atoms with E-state index in [1.54, 1.807) is 13.3 Å². The lowest BCUT2D eigenvalue weighted by molar-refractivity contribution is 0.311. The molecule has 0 atom stereocenters. The van der Waals surface area contributed by atoms with Crippen LogP contribution in [0.2, 0.25) is 0 Å². The van der Waals surface area contributed by atoms with Crippen LogP contribution in [-0.4, -0.2) is 34.8 Å². The van der Waals surface area contributed by atoms with Gasteiger partial charge in [0.25, 0.3) is 0 Å². The van der Waals surface area contributed by atoms with Crippen molar-refractivity contribution in [2.45, 2.75) is 6.92 Å². The van der Waals surface area contributed by atoms with Crippen LogP contribution in [0.3, 0.4) is 0 Å². The Hall–Kier alpha value is -2.15. The molecule has 1 heterocycles. The van der Waals surface area contributed by atoms with Crippen molar-refractivity contribution in [2.75, 3.05) is 13.7 Å². The average Bonchev–Trinajstić information content (AvgIpc) is 2.83. The first-order valence-electron chi connectivity index (χ1n) is 5.71. The monoisotopic (exact) mass is 278 g/mol. The molecule has 1 N–H and O–H groups in total. The Kier molecular flexibility index (Phi) is 4.30. The minimum atomic E-state index is 0.439. The lowest BCUT2D eigenvalue weighted by atomic mass is 10.2. The fourth-order valence-corrected chi connectivity index (χ4v) is 1.64. The standard InChI is InChI=1S/C12H14N4O2S/c1-3-18-10-5-4-9(6-11(10)17-2)7-14-16-8-13-15-12(16)19/h4-8H,3H2,1-2H3,(H,15,19)/b14-7-. The van der Waals surface area contributed by atoms with Gasteiger partial charge in [-0.3, -0.25) is 5.10 Å². The van der Waals surface area contributed by atoms with Crippen molar-refractivity contribution in [2.24, 2.45) is 5.10 Å². The van der Waals surface area contributed by atoms with E-state index in [2.05, 4.69) is 15.3 Å². The van der Waals surface area contributed by atoms with Gasteiger partial charge in [0.15, 0.2) is 11.5 Å². The number of benzene rings is 1. The van der Waals surface area contributed by atoms with Crippen LogP contribution < -0.4 is 9.47 Å². The maximum Gasteiger partial charge on any atom is 0.216 e. The van der Waals surface area contributed by atoms with Crippen molar-refractivity contribution < 1.29 is 9.47 Å². The summed E-state index contributed by atoms with van der Waals surface area (Å²) < 4.78 is 12.6. The summed E-state index contributed by atoms with van der Waals surface area (Å²) in [7, 11) is 1.60. The van der Waals surface area contributed by atoms with Gasteiger partial charge >= 0.3 is 0 Å². The number of ether oxygens (including phenoxy) is 2. The number of hydrogen-bond donors (Lipinski definition) is 1. The van der Waals surface area contributed by atoms with Gasteiger partial charge in [0.05, 0.1) is 19.9 Å². The van der Waals surface area contributed by atoms with E-state index in [4.69, 9.17) is 21.7 Å². The number of nitrogens with one attached hydrogen (secondary N) is 1. The van der Waals surface area contributed by atoms with Gasteiger partial charge in [0, 0.05) is 0 Å². The molecule has 1 aromatic heterocycles. The van der Waals surface area contributed by atoms with Gasteiger partial charge in [-0.2, -0.15) is 14.9 Å². The first kappa shape index (κ1) is 13.3. The smallest absolute Gasteiger partial charge is 0.216 e. The number of H-pyrrole nitrogens is 1. The number of aromatic amines is 1. The Balaban J connectivity index is 2.24. The van der Waals surface area contributed by atoms with Gasteiger partial charge < -0.3 is 9.47 Å². The van der Waals surface area contributed by atoms with E-state index < -0.39 is 0 Å². The van der Waals surface area contributed by atoms with E-state index in [0.717, 1.165) is 5.56 Å². The molecular weight excluding hydrogens is 264 g/mol. The van der Waals surface area contributed by atoms with Crippen LogP contribution >= 0.6 is 12.2 Å². The number of aromatic nitrogens is 3. The summed E-state index contributed by atoms with van der Waals surface area (Å²) in [6, 6.07) is 5.58. The molecule has 0 aliphatic rings. The zero-order valence-corrected chi connectivity index (χ0v) is 11.5. The molecule has 0 saturated carbocycles. The van der Waals surface area contributed by atoms with E-state index in [9.17, 15) is 0 Å². The lowest BCUT2D eigenvalue weighted by Gasteiger charge is -2.09. The van der Waals surface area contributed by atoms with Gasteiger partial charge in [0.1, 0.15) is 6.33 Å². The molecule has 6 nitrogen and oxygen atoms in total. The highest BCUT2D eigenvalue weighted by molar-refractivity contribution is 7.71. The lowest BCUT2D eigenvalue weighted by Crippen LogP contribution is -1.96. The Bertz CT molecular complexity index is 633. The van der Waals surface area contributed by atoms with Crippen LogP contribution in [0.15, 0.2) is 29.6 Å². The molecule has 0 saturated heterocycles. The van der Waals surface area contributed by atoms with E-state index >= 15 is 0 Å². The summed E-state index contributed by atoms with van der Waals surface area (Å²) >= 11 is 4.99. The Morgan fingerprint density at radius 3 is 2.95 bits per heavy atom. The zero-order valence-electron chi connectivity index (χ0n) is 10.7. The van der Waals surface area contributed by atoms with Crippen LogP contribution in [-0.2, 0) is 0 Å². The fraction of sp³-hybridized carbons (Fsp3) is 0.250. The van der Waals surface area contributed by atoms with Gasteiger partial charge in [0.2, 0.25) is 4.77 Å². The van der Waals surface area contributed by atoms with Crippen molar-refractivity contribution in [3.63, 3.8) is 0 Å². The van der Waals surface area contributed by atoms with Crippen LogP contribution in [0, 0.1) is 4.77 Å². The van der Waals surface area contributed by atoms with Gasteiger partial charge in [-0.1, -0.05) is 0 Å². The highest BCUT2D eigenvalue weighted by Crippen LogP contribution is 2.27. The molecule has 0 unspecified atom stereocenters. The quantitative estimate of drug-likeness (QED) is 0.673. The molecule has 0 fully saturated rings. The van der Waals surface area contributed by atoms with Gasteiger partial charge in [-0.05, 0) is 42.9 Å². The molecule has 0 aliphatic carbocycles. The maximum absolute atomic E-state index is 5.45. The maximum atomic E-state index is 5.45. The molecule has 0 bridgehead atoms. The molecular formula is C12H14N4O2S. The van der Waals surface area contributed by atoms with Gasteiger partial charge in [-0.25, -0.2) is 0 Å².